The van der Waals surface area contributed by atoms with E-state index in [-0.39, 0.29) is 12.1 Å². The Hall–Kier alpha value is -2.63. The van der Waals surface area contributed by atoms with E-state index in [0.717, 1.165) is 16.7 Å². The van der Waals surface area contributed by atoms with Gasteiger partial charge in [-0.2, -0.15) is 5.10 Å². The fraction of sp³-hybridized carbons (Fsp3) is 0.150. The highest BCUT2D eigenvalue weighted by Crippen LogP contribution is 2.25. The summed E-state index contributed by atoms with van der Waals surface area (Å²) in [6.45, 7) is 1.86. The second-order valence-corrected chi connectivity index (χ2v) is 6.78. The molecule has 0 saturated heterocycles. The van der Waals surface area contributed by atoms with Crippen molar-refractivity contribution in [1.29, 1.82) is 0 Å². The minimum atomic E-state index is -0.410. The molecule has 7 heteroatoms. The SMILES string of the molecule is CCc1ccc(-c2ccc(=O)n(CC(=O)Nc3ccc(Cl)cc3Cl)n2)cc1. The van der Waals surface area contributed by atoms with Gasteiger partial charge in [-0.3, -0.25) is 9.59 Å². The van der Waals surface area contributed by atoms with E-state index in [1.807, 2.05) is 24.3 Å². The van der Waals surface area contributed by atoms with Gasteiger partial charge in [-0.1, -0.05) is 54.4 Å². The number of hydrogen-bond acceptors (Lipinski definition) is 3. The zero-order chi connectivity index (χ0) is 19.4. The van der Waals surface area contributed by atoms with Crippen molar-refractivity contribution < 1.29 is 4.79 Å². The highest BCUT2D eigenvalue weighted by Gasteiger charge is 2.10. The average molecular weight is 402 g/mol. The monoisotopic (exact) mass is 401 g/mol. The van der Waals surface area contributed by atoms with Gasteiger partial charge in [-0.25, -0.2) is 4.68 Å². The second kappa shape index (κ2) is 8.37. The Balaban J connectivity index is 1.79. The van der Waals surface area contributed by atoms with E-state index in [1.54, 1.807) is 18.2 Å². The summed E-state index contributed by atoms with van der Waals surface area (Å²) >= 11 is 11.9. The lowest BCUT2D eigenvalue weighted by Crippen LogP contribution is -2.29. The first kappa shape index (κ1) is 19.1. The molecule has 0 fully saturated rings. The van der Waals surface area contributed by atoms with Crippen LogP contribution in [-0.4, -0.2) is 15.7 Å². The van der Waals surface area contributed by atoms with Crippen LogP contribution in [0.25, 0.3) is 11.3 Å². The molecule has 0 aliphatic carbocycles. The summed E-state index contributed by atoms with van der Waals surface area (Å²) in [5.74, 6) is -0.410. The molecule has 2 aromatic carbocycles. The molecular weight excluding hydrogens is 385 g/mol. The highest BCUT2D eigenvalue weighted by molar-refractivity contribution is 6.36. The van der Waals surface area contributed by atoms with E-state index in [4.69, 9.17) is 23.2 Å². The van der Waals surface area contributed by atoms with E-state index in [1.165, 1.54) is 17.7 Å². The summed E-state index contributed by atoms with van der Waals surface area (Å²) in [4.78, 5) is 24.4. The van der Waals surface area contributed by atoms with E-state index in [0.29, 0.717) is 21.4 Å². The van der Waals surface area contributed by atoms with E-state index in [9.17, 15) is 9.59 Å². The van der Waals surface area contributed by atoms with Crippen molar-refractivity contribution in [2.24, 2.45) is 0 Å². The quantitative estimate of drug-likeness (QED) is 0.687. The van der Waals surface area contributed by atoms with Gasteiger partial charge in [-0.05, 0) is 36.2 Å². The number of nitrogens with zero attached hydrogens (tertiary/aromatic N) is 2. The maximum atomic E-state index is 12.3. The van der Waals surface area contributed by atoms with Crippen molar-refractivity contribution in [3.8, 4) is 11.3 Å². The van der Waals surface area contributed by atoms with Crippen molar-refractivity contribution in [3.63, 3.8) is 0 Å². The lowest BCUT2D eigenvalue weighted by molar-refractivity contribution is -0.117. The van der Waals surface area contributed by atoms with Crippen molar-refractivity contribution >= 4 is 34.8 Å². The number of aryl methyl sites for hydroxylation is 1. The Bertz CT molecular complexity index is 1030. The van der Waals surface area contributed by atoms with Crippen LogP contribution in [0.3, 0.4) is 0 Å². The molecule has 27 heavy (non-hydrogen) atoms. The van der Waals surface area contributed by atoms with Crippen molar-refractivity contribution in [1.82, 2.24) is 9.78 Å². The van der Waals surface area contributed by atoms with Crippen LogP contribution < -0.4 is 10.9 Å². The van der Waals surface area contributed by atoms with Crippen LogP contribution in [0.5, 0.6) is 0 Å². The summed E-state index contributed by atoms with van der Waals surface area (Å²) in [5, 5.41) is 7.75. The number of anilines is 1. The average Bonchev–Trinajstić information content (AvgIpc) is 2.66. The normalized spacial score (nSPS) is 10.6. The molecule has 0 atom stereocenters. The number of amides is 1. The molecule has 0 aliphatic heterocycles. The number of nitrogens with one attached hydrogen (secondary N) is 1. The van der Waals surface area contributed by atoms with Gasteiger partial charge in [-0.15, -0.1) is 0 Å². The molecule has 0 unspecified atom stereocenters. The molecule has 0 radical (unpaired) electrons. The number of hydrogen-bond donors (Lipinski definition) is 1. The smallest absolute Gasteiger partial charge is 0.267 e. The largest absolute Gasteiger partial charge is 0.323 e. The molecule has 3 rings (SSSR count). The van der Waals surface area contributed by atoms with Crippen LogP contribution in [0.15, 0.2) is 59.4 Å². The van der Waals surface area contributed by atoms with Gasteiger partial charge in [0.1, 0.15) is 6.54 Å². The third kappa shape index (κ3) is 4.76. The first-order valence-corrected chi connectivity index (χ1v) is 9.14. The number of aromatic nitrogens is 2. The first-order valence-electron chi connectivity index (χ1n) is 8.38. The van der Waals surface area contributed by atoms with Crippen LogP contribution in [0.2, 0.25) is 10.0 Å². The van der Waals surface area contributed by atoms with Gasteiger partial charge in [0.15, 0.2) is 0 Å². The molecule has 1 N–H and O–H groups in total. The predicted octanol–water partition coefficient (Wildman–Crippen LogP) is 4.42. The van der Waals surface area contributed by atoms with Gasteiger partial charge in [0.25, 0.3) is 5.56 Å². The topological polar surface area (TPSA) is 64.0 Å². The predicted molar refractivity (Wildman–Crippen MR) is 108 cm³/mol. The van der Waals surface area contributed by atoms with Crippen molar-refractivity contribution in [3.05, 3.63) is 80.6 Å². The van der Waals surface area contributed by atoms with Gasteiger partial charge in [0.05, 0.1) is 16.4 Å². The third-order valence-electron chi connectivity index (χ3n) is 4.02. The molecular formula is C20H17Cl2N3O2. The number of carbonyl (C=O) groups excluding carboxylic acids is 1. The van der Waals surface area contributed by atoms with Gasteiger partial charge >= 0.3 is 0 Å². The maximum absolute atomic E-state index is 12.3. The third-order valence-corrected chi connectivity index (χ3v) is 4.57. The van der Waals surface area contributed by atoms with Gasteiger partial charge in [0, 0.05) is 16.7 Å². The Morgan fingerprint density at radius 2 is 1.81 bits per heavy atom. The van der Waals surface area contributed by atoms with Crippen molar-refractivity contribution in [2.75, 3.05) is 5.32 Å². The maximum Gasteiger partial charge on any atom is 0.267 e. The lowest BCUT2D eigenvalue weighted by Gasteiger charge is -2.10. The standard InChI is InChI=1S/C20H17Cl2N3O2/c1-2-13-3-5-14(6-4-13)17-9-10-20(27)25(24-17)12-19(26)23-18-8-7-15(21)11-16(18)22/h3-11H,2,12H2,1H3,(H,23,26). The first-order chi connectivity index (χ1) is 13.0. The zero-order valence-electron chi connectivity index (χ0n) is 14.6. The molecule has 0 bridgehead atoms. The zero-order valence-corrected chi connectivity index (χ0v) is 16.1. The Morgan fingerprint density at radius 3 is 2.48 bits per heavy atom. The molecule has 1 amide bonds. The molecule has 0 saturated carbocycles. The van der Waals surface area contributed by atoms with Crippen LogP contribution in [0.4, 0.5) is 5.69 Å². The number of carbonyl (C=O) groups is 1. The minimum Gasteiger partial charge on any atom is -0.323 e. The Labute approximate surface area is 166 Å². The van der Waals surface area contributed by atoms with Crippen LogP contribution in [-0.2, 0) is 17.8 Å². The van der Waals surface area contributed by atoms with E-state index >= 15 is 0 Å². The summed E-state index contributed by atoms with van der Waals surface area (Å²) in [5.41, 5.74) is 2.77. The summed E-state index contributed by atoms with van der Waals surface area (Å²) in [7, 11) is 0. The van der Waals surface area contributed by atoms with Crippen LogP contribution in [0, 0.1) is 0 Å². The van der Waals surface area contributed by atoms with E-state index < -0.39 is 5.91 Å². The fourth-order valence-corrected chi connectivity index (χ4v) is 3.00. The van der Waals surface area contributed by atoms with Gasteiger partial charge in [0.2, 0.25) is 5.91 Å². The molecule has 3 aromatic rings. The molecule has 0 aliphatic rings. The molecule has 138 valence electrons. The summed E-state index contributed by atoms with van der Waals surface area (Å²) in [6, 6.07) is 15.7. The lowest BCUT2D eigenvalue weighted by atomic mass is 10.1. The number of benzene rings is 2. The number of rotatable bonds is 5. The van der Waals surface area contributed by atoms with Crippen molar-refractivity contribution in [2.45, 2.75) is 19.9 Å². The van der Waals surface area contributed by atoms with Crippen LogP contribution >= 0.6 is 23.2 Å². The van der Waals surface area contributed by atoms with Gasteiger partial charge < -0.3 is 5.32 Å². The fourth-order valence-electron chi connectivity index (χ4n) is 2.54. The van der Waals surface area contributed by atoms with Crippen LogP contribution in [0.1, 0.15) is 12.5 Å². The number of halogens is 2. The molecule has 1 aromatic heterocycles. The highest BCUT2D eigenvalue weighted by atomic mass is 35.5. The summed E-state index contributed by atoms with van der Waals surface area (Å²) < 4.78 is 1.13. The second-order valence-electron chi connectivity index (χ2n) is 5.94. The minimum absolute atomic E-state index is 0.224. The molecule has 0 spiro atoms. The molecule has 1 heterocycles. The Morgan fingerprint density at radius 1 is 1.07 bits per heavy atom. The molecule has 5 nitrogen and oxygen atoms in total. The summed E-state index contributed by atoms with van der Waals surface area (Å²) in [6.07, 6.45) is 0.945. The van der Waals surface area contributed by atoms with E-state index in [2.05, 4.69) is 17.3 Å². The Kier molecular flexibility index (Phi) is 5.94.